The molecule has 1 aliphatic rings. The third kappa shape index (κ3) is 2.84. The van der Waals surface area contributed by atoms with Gasteiger partial charge in [0.05, 0.1) is 5.56 Å². The number of hydrogen-bond donors (Lipinski definition) is 1. The van der Waals surface area contributed by atoms with Gasteiger partial charge in [-0.3, -0.25) is 4.79 Å². The van der Waals surface area contributed by atoms with Crippen molar-refractivity contribution < 1.29 is 14.7 Å². The highest BCUT2D eigenvalue weighted by Gasteiger charge is 2.30. The van der Waals surface area contributed by atoms with Crippen LogP contribution in [0.2, 0.25) is 0 Å². The number of carbonyl (C=O) groups excluding carboxylic acids is 1. The summed E-state index contributed by atoms with van der Waals surface area (Å²) in [5.74, 6) is -0.850. The van der Waals surface area contributed by atoms with Gasteiger partial charge in [-0.05, 0) is 30.5 Å². The fourth-order valence-electron chi connectivity index (χ4n) is 1.83. The maximum atomic E-state index is 11.4. The van der Waals surface area contributed by atoms with E-state index in [0.717, 1.165) is 18.4 Å². The summed E-state index contributed by atoms with van der Waals surface area (Å²) in [7, 11) is 0. The van der Waals surface area contributed by atoms with Crippen molar-refractivity contribution in [2.75, 3.05) is 0 Å². The lowest BCUT2D eigenvalue weighted by Gasteiger charge is -2.20. The van der Waals surface area contributed by atoms with Crippen molar-refractivity contribution in [2.24, 2.45) is 0 Å². The Bertz CT molecular complexity index is 434. The van der Waals surface area contributed by atoms with Gasteiger partial charge in [0.2, 0.25) is 5.91 Å². The van der Waals surface area contributed by atoms with Crippen molar-refractivity contribution in [1.82, 2.24) is 4.90 Å². The molecule has 0 aliphatic heterocycles. The zero-order valence-corrected chi connectivity index (χ0v) is 9.72. The highest BCUT2D eigenvalue weighted by Crippen LogP contribution is 2.28. The normalized spacial score (nSPS) is 14.4. The van der Waals surface area contributed by atoms with Gasteiger partial charge in [-0.2, -0.15) is 0 Å². The Morgan fingerprint density at radius 3 is 2.29 bits per heavy atom. The number of rotatable bonds is 4. The topological polar surface area (TPSA) is 57.6 Å². The Morgan fingerprint density at radius 2 is 1.88 bits per heavy atom. The van der Waals surface area contributed by atoms with E-state index in [1.165, 1.54) is 0 Å². The average molecular weight is 233 g/mol. The Balaban J connectivity index is 2.07. The van der Waals surface area contributed by atoms with Crippen molar-refractivity contribution in [2.45, 2.75) is 32.4 Å². The minimum atomic E-state index is -0.929. The molecule has 1 fully saturated rings. The van der Waals surface area contributed by atoms with Crippen LogP contribution < -0.4 is 0 Å². The second kappa shape index (κ2) is 4.57. The molecule has 90 valence electrons. The quantitative estimate of drug-likeness (QED) is 0.864. The number of benzene rings is 1. The molecule has 1 saturated carbocycles. The summed E-state index contributed by atoms with van der Waals surface area (Å²) >= 11 is 0. The van der Waals surface area contributed by atoms with Crippen LogP contribution in [0.3, 0.4) is 0 Å². The van der Waals surface area contributed by atoms with Gasteiger partial charge in [0.1, 0.15) is 0 Å². The molecule has 4 heteroatoms. The number of carbonyl (C=O) groups is 2. The Kier molecular flexibility index (Phi) is 3.13. The van der Waals surface area contributed by atoms with Gasteiger partial charge in [0.25, 0.3) is 0 Å². The minimum absolute atomic E-state index is 0.0785. The molecule has 1 N–H and O–H groups in total. The molecular formula is C13H15NO3. The zero-order valence-electron chi connectivity index (χ0n) is 9.72. The van der Waals surface area contributed by atoms with Crippen LogP contribution in [0, 0.1) is 0 Å². The second-order valence-corrected chi connectivity index (χ2v) is 4.38. The molecular weight excluding hydrogens is 218 g/mol. The first-order valence-corrected chi connectivity index (χ1v) is 5.67. The molecule has 1 aliphatic carbocycles. The summed E-state index contributed by atoms with van der Waals surface area (Å²) < 4.78 is 0. The highest BCUT2D eigenvalue weighted by atomic mass is 16.4. The average Bonchev–Trinajstić information content (AvgIpc) is 3.10. The molecule has 1 aromatic carbocycles. The summed E-state index contributed by atoms with van der Waals surface area (Å²) in [4.78, 5) is 24.0. The van der Waals surface area contributed by atoms with Crippen LogP contribution in [0.15, 0.2) is 24.3 Å². The monoisotopic (exact) mass is 233 g/mol. The molecule has 0 heterocycles. The van der Waals surface area contributed by atoms with Crippen LogP contribution in [-0.4, -0.2) is 27.9 Å². The summed E-state index contributed by atoms with van der Waals surface area (Å²) in [5, 5.41) is 8.78. The van der Waals surface area contributed by atoms with Crippen molar-refractivity contribution in [3.63, 3.8) is 0 Å². The molecule has 0 radical (unpaired) electrons. The van der Waals surface area contributed by atoms with E-state index < -0.39 is 5.97 Å². The van der Waals surface area contributed by atoms with E-state index in [0.29, 0.717) is 12.6 Å². The molecule has 17 heavy (non-hydrogen) atoms. The number of aromatic carboxylic acids is 1. The van der Waals surface area contributed by atoms with Gasteiger partial charge < -0.3 is 10.0 Å². The smallest absolute Gasteiger partial charge is 0.335 e. The van der Waals surface area contributed by atoms with E-state index in [1.54, 1.807) is 31.2 Å². The van der Waals surface area contributed by atoms with E-state index >= 15 is 0 Å². The van der Waals surface area contributed by atoms with Crippen molar-refractivity contribution in [1.29, 1.82) is 0 Å². The van der Waals surface area contributed by atoms with E-state index in [2.05, 4.69) is 0 Å². The third-order valence-corrected chi connectivity index (χ3v) is 2.95. The van der Waals surface area contributed by atoms with Crippen LogP contribution in [-0.2, 0) is 11.3 Å². The fourth-order valence-corrected chi connectivity index (χ4v) is 1.83. The Hall–Kier alpha value is -1.84. The molecule has 0 unspecified atom stereocenters. The SMILES string of the molecule is CC(=O)N(Cc1ccc(C(=O)O)cc1)C1CC1. The molecule has 4 nitrogen and oxygen atoms in total. The Morgan fingerprint density at radius 1 is 1.29 bits per heavy atom. The first-order valence-electron chi connectivity index (χ1n) is 5.67. The van der Waals surface area contributed by atoms with Crippen molar-refractivity contribution in [3.05, 3.63) is 35.4 Å². The van der Waals surface area contributed by atoms with Gasteiger partial charge in [-0.1, -0.05) is 12.1 Å². The summed E-state index contributed by atoms with van der Waals surface area (Å²) in [6.45, 7) is 2.14. The minimum Gasteiger partial charge on any atom is -0.478 e. The van der Waals surface area contributed by atoms with Crippen molar-refractivity contribution in [3.8, 4) is 0 Å². The molecule has 0 spiro atoms. The predicted octanol–water partition coefficient (Wildman–Crippen LogP) is 1.90. The van der Waals surface area contributed by atoms with Crippen LogP contribution in [0.25, 0.3) is 0 Å². The van der Waals surface area contributed by atoms with Gasteiger partial charge in [-0.25, -0.2) is 4.79 Å². The maximum absolute atomic E-state index is 11.4. The van der Waals surface area contributed by atoms with E-state index in [-0.39, 0.29) is 11.5 Å². The van der Waals surface area contributed by atoms with E-state index in [9.17, 15) is 9.59 Å². The van der Waals surface area contributed by atoms with E-state index in [1.807, 2.05) is 4.90 Å². The van der Waals surface area contributed by atoms with Crippen LogP contribution in [0.1, 0.15) is 35.7 Å². The standard InChI is InChI=1S/C13H15NO3/c1-9(15)14(12-6-7-12)8-10-2-4-11(5-3-10)13(16)17/h2-5,12H,6-8H2,1H3,(H,16,17). The predicted molar refractivity (Wildman–Crippen MR) is 62.6 cm³/mol. The third-order valence-electron chi connectivity index (χ3n) is 2.95. The van der Waals surface area contributed by atoms with Crippen molar-refractivity contribution >= 4 is 11.9 Å². The number of nitrogens with zero attached hydrogens (tertiary/aromatic N) is 1. The lowest BCUT2D eigenvalue weighted by atomic mass is 10.1. The largest absolute Gasteiger partial charge is 0.478 e. The summed E-state index contributed by atoms with van der Waals surface area (Å²) in [6.07, 6.45) is 2.15. The maximum Gasteiger partial charge on any atom is 0.335 e. The van der Waals surface area contributed by atoms with Gasteiger partial charge in [0, 0.05) is 19.5 Å². The number of carboxylic acid groups (broad SMARTS) is 1. The molecule has 1 amide bonds. The summed E-state index contributed by atoms with van der Waals surface area (Å²) in [5.41, 5.74) is 1.24. The molecule has 2 rings (SSSR count). The van der Waals surface area contributed by atoms with Gasteiger partial charge in [0.15, 0.2) is 0 Å². The first kappa shape index (κ1) is 11.6. The molecule has 0 atom stereocenters. The van der Waals surface area contributed by atoms with Gasteiger partial charge in [-0.15, -0.1) is 0 Å². The first-order chi connectivity index (χ1) is 8.08. The number of hydrogen-bond acceptors (Lipinski definition) is 2. The molecule has 1 aromatic rings. The second-order valence-electron chi connectivity index (χ2n) is 4.38. The van der Waals surface area contributed by atoms with Crippen LogP contribution >= 0.6 is 0 Å². The molecule has 0 aromatic heterocycles. The molecule has 0 bridgehead atoms. The van der Waals surface area contributed by atoms with Crippen LogP contribution in [0.4, 0.5) is 0 Å². The zero-order chi connectivity index (χ0) is 12.4. The Labute approximate surface area is 99.9 Å². The van der Waals surface area contributed by atoms with Gasteiger partial charge >= 0.3 is 5.97 Å². The number of amides is 1. The van der Waals surface area contributed by atoms with Crippen LogP contribution in [0.5, 0.6) is 0 Å². The fraction of sp³-hybridized carbons (Fsp3) is 0.385. The lowest BCUT2D eigenvalue weighted by molar-refractivity contribution is -0.130. The summed E-state index contributed by atoms with van der Waals surface area (Å²) in [6, 6.07) is 7.06. The van der Waals surface area contributed by atoms with E-state index in [4.69, 9.17) is 5.11 Å². The highest BCUT2D eigenvalue weighted by molar-refractivity contribution is 5.87. The molecule has 0 saturated heterocycles. The lowest BCUT2D eigenvalue weighted by Crippen LogP contribution is -2.30. The number of carboxylic acids is 1.